The number of nitrogens with one attached hydrogen (secondary N) is 1. The van der Waals surface area contributed by atoms with Crippen LogP contribution in [0.3, 0.4) is 0 Å². The first-order valence-electron chi connectivity index (χ1n) is 6.19. The minimum absolute atomic E-state index is 0.812. The van der Waals surface area contributed by atoms with Crippen molar-refractivity contribution in [3.05, 3.63) is 16.4 Å². The lowest BCUT2D eigenvalue weighted by atomic mass is 10.2. The van der Waals surface area contributed by atoms with Crippen LogP contribution in [-0.2, 0) is 13.1 Å². The molecule has 0 aromatic carbocycles. The van der Waals surface area contributed by atoms with E-state index in [0.717, 1.165) is 36.0 Å². The molecule has 0 saturated carbocycles. The van der Waals surface area contributed by atoms with E-state index in [-0.39, 0.29) is 0 Å². The van der Waals surface area contributed by atoms with Crippen molar-refractivity contribution in [1.82, 2.24) is 15.1 Å². The molecule has 3 nitrogen and oxygen atoms in total. The normalized spacial score (nSPS) is 11.1. The lowest BCUT2D eigenvalue weighted by Crippen LogP contribution is -2.18. The Hall–Kier alpha value is 0.190. The number of hydrogen-bond acceptors (Lipinski definition) is 2. The van der Waals surface area contributed by atoms with Gasteiger partial charge in [0.15, 0.2) is 0 Å². The summed E-state index contributed by atoms with van der Waals surface area (Å²) in [6.45, 7) is 6.79. The second-order valence-electron chi connectivity index (χ2n) is 4.09. The first-order valence-corrected chi connectivity index (χ1v) is 8.09. The molecule has 0 fully saturated rings. The summed E-state index contributed by atoms with van der Waals surface area (Å²) in [4.78, 5) is 0. The Labute approximate surface area is 122 Å². The third-order valence-electron chi connectivity index (χ3n) is 2.73. The molecule has 5 heteroatoms. The monoisotopic (exact) mass is 369 g/mol. The van der Waals surface area contributed by atoms with Crippen molar-refractivity contribution in [1.29, 1.82) is 0 Å². The summed E-state index contributed by atoms with van der Waals surface area (Å²) in [7, 11) is 0. The van der Waals surface area contributed by atoms with E-state index < -0.39 is 0 Å². The third-order valence-corrected chi connectivity index (χ3v) is 3.99. The van der Waals surface area contributed by atoms with E-state index in [4.69, 9.17) is 11.6 Å². The van der Waals surface area contributed by atoms with Crippen LogP contribution in [0.5, 0.6) is 0 Å². The summed E-state index contributed by atoms with van der Waals surface area (Å²) in [5.41, 5.74) is 2.04. The largest absolute Gasteiger partial charge is 0.311 e. The number of nitrogens with zero attached hydrogens (tertiary/aromatic N) is 2. The zero-order valence-electron chi connectivity index (χ0n) is 10.6. The Kier molecular flexibility index (Phi) is 7.46. The quantitative estimate of drug-likeness (QED) is 0.431. The predicted octanol–water partition coefficient (Wildman–Crippen LogP) is 3.56. The maximum Gasteiger partial charge on any atom is 0.0860 e. The Morgan fingerprint density at radius 2 is 2.12 bits per heavy atom. The number of halogens is 2. The SMILES string of the molecule is CCn1nc(C)c(Cl)c1CNCCCCCI. The summed E-state index contributed by atoms with van der Waals surface area (Å²) in [5, 5.41) is 8.65. The summed E-state index contributed by atoms with van der Waals surface area (Å²) < 4.78 is 3.24. The van der Waals surface area contributed by atoms with Gasteiger partial charge in [0.05, 0.1) is 16.4 Å². The summed E-state index contributed by atoms with van der Waals surface area (Å²) in [5.74, 6) is 0. The van der Waals surface area contributed by atoms with Crippen LogP contribution in [0, 0.1) is 6.92 Å². The van der Waals surface area contributed by atoms with Gasteiger partial charge in [0.2, 0.25) is 0 Å². The van der Waals surface area contributed by atoms with Crippen LogP contribution in [0.25, 0.3) is 0 Å². The first kappa shape index (κ1) is 15.2. The topological polar surface area (TPSA) is 29.9 Å². The van der Waals surface area contributed by atoms with Crippen LogP contribution in [0.15, 0.2) is 0 Å². The van der Waals surface area contributed by atoms with Crippen molar-refractivity contribution in [2.75, 3.05) is 11.0 Å². The molecule has 1 aromatic rings. The first-order chi connectivity index (χ1) is 8.20. The van der Waals surface area contributed by atoms with Crippen molar-refractivity contribution in [3.63, 3.8) is 0 Å². The second-order valence-corrected chi connectivity index (χ2v) is 5.54. The highest BCUT2D eigenvalue weighted by Crippen LogP contribution is 2.19. The zero-order chi connectivity index (χ0) is 12.7. The minimum Gasteiger partial charge on any atom is -0.311 e. The number of aryl methyl sites for hydroxylation is 2. The van der Waals surface area contributed by atoms with Crippen molar-refractivity contribution < 1.29 is 0 Å². The number of rotatable bonds is 8. The number of unbranched alkanes of at least 4 members (excludes halogenated alkanes) is 2. The van der Waals surface area contributed by atoms with Crippen molar-refractivity contribution in [3.8, 4) is 0 Å². The lowest BCUT2D eigenvalue weighted by molar-refractivity contribution is 0.563. The molecular formula is C12H21ClIN3. The van der Waals surface area contributed by atoms with E-state index in [9.17, 15) is 0 Å². The smallest absolute Gasteiger partial charge is 0.0860 e. The van der Waals surface area contributed by atoms with Gasteiger partial charge in [-0.2, -0.15) is 5.10 Å². The van der Waals surface area contributed by atoms with Crippen LogP contribution in [0.1, 0.15) is 37.6 Å². The molecule has 0 radical (unpaired) electrons. The maximum atomic E-state index is 6.23. The van der Waals surface area contributed by atoms with Crippen molar-refractivity contribution in [2.24, 2.45) is 0 Å². The van der Waals surface area contributed by atoms with Crippen LogP contribution in [-0.4, -0.2) is 20.8 Å². The standard InChI is InChI=1S/C12H21ClIN3/c1-3-17-11(12(13)10(2)16-17)9-15-8-6-4-5-7-14/h15H,3-9H2,1-2H3. The van der Waals surface area contributed by atoms with Crippen molar-refractivity contribution >= 4 is 34.2 Å². The molecule has 0 bridgehead atoms. The molecule has 0 aliphatic rings. The zero-order valence-corrected chi connectivity index (χ0v) is 13.5. The van der Waals surface area contributed by atoms with Gasteiger partial charge in [-0.3, -0.25) is 4.68 Å². The van der Waals surface area contributed by atoms with Crippen LogP contribution in [0.4, 0.5) is 0 Å². The van der Waals surface area contributed by atoms with Crippen LogP contribution in [0.2, 0.25) is 5.02 Å². The predicted molar refractivity (Wildman–Crippen MR) is 82.1 cm³/mol. The molecule has 0 saturated heterocycles. The van der Waals surface area contributed by atoms with Gasteiger partial charge >= 0.3 is 0 Å². The van der Waals surface area contributed by atoms with Gasteiger partial charge in [0.25, 0.3) is 0 Å². The Balaban J connectivity index is 2.35. The van der Waals surface area contributed by atoms with E-state index in [1.54, 1.807) is 0 Å². The molecule has 0 spiro atoms. The summed E-state index contributed by atoms with van der Waals surface area (Å²) in [6, 6.07) is 0. The molecule has 0 atom stereocenters. The molecule has 1 N–H and O–H groups in total. The highest BCUT2D eigenvalue weighted by molar-refractivity contribution is 14.1. The fraction of sp³-hybridized carbons (Fsp3) is 0.750. The summed E-state index contributed by atoms with van der Waals surface area (Å²) in [6.07, 6.45) is 3.85. The Morgan fingerprint density at radius 3 is 2.76 bits per heavy atom. The fourth-order valence-electron chi connectivity index (χ4n) is 1.77. The number of aromatic nitrogens is 2. The van der Waals surface area contributed by atoms with Gasteiger partial charge in [-0.25, -0.2) is 0 Å². The molecule has 0 aliphatic heterocycles. The number of hydrogen-bond donors (Lipinski definition) is 1. The fourth-order valence-corrected chi connectivity index (χ4v) is 2.51. The number of alkyl halides is 1. The molecule has 1 rings (SSSR count). The second kappa shape index (κ2) is 8.32. The van der Waals surface area contributed by atoms with Gasteiger partial charge in [0.1, 0.15) is 0 Å². The van der Waals surface area contributed by atoms with Crippen LogP contribution < -0.4 is 5.32 Å². The molecule has 17 heavy (non-hydrogen) atoms. The van der Waals surface area contributed by atoms with E-state index in [0.29, 0.717) is 0 Å². The molecule has 0 aliphatic carbocycles. The van der Waals surface area contributed by atoms with Gasteiger partial charge in [0, 0.05) is 13.1 Å². The minimum atomic E-state index is 0.812. The molecule has 0 unspecified atom stereocenters. The molecule has 1 heterocycles. The highest BCUT2D eigenvalue weighted by Gasteiger charge is 2.11. The van der Waals surface area contributed by atoms with Gasteiger partial charge in [-0.1, -0.05) is 40.6 Å². The summed E-state index contributed by atoms with van der Waals surface area (Å²) >= 11 is 8.66. The maximum absolute atomic E-state index is 6.23. The van der Waals surface area contributed by atoms with E-state index >= 15 is 0 Å². The Morgan fingerprint density at radius 1 is 1.35 bits per heavy atom. The lowest BCUT2D eigenvalue weighted by Gasteiger charge is -2.07. The Bertz CT molecular complexity index is 339. The third kappa shape index (κ3) is 4.75. The highest BCUT2D eigenvalue weighted by atomic mass is 127. The molecular weight excluding hydrogens is 349 g/mol. The van der Waals surface area contributed by atoms with Crippen LogP contribution >= 0.6 is 34.2 Å². The van der Waals surface area contributed by atoms with Gasteiger partial charge < -0.3 is 5.32 Å². The van der Waals surface area contributed by atoms with Gasteiger partial charge in [-0.15, -0.1) is 0 Å². The molecule has 1 aromatic heterocycles. The molecule has 98 valence electrons. The van der Waals surface area contributed by atoms with Gasteiger partial charge in [-0.05, 0) is 37.7 Å². The van der Waals surface area contributed by atoms with E-state index in [1.165, 1.54) is 23.7 Å². The van der Waals surface area contributed by atoms with Crippen molar-refractivity contribution in [2.45, 2.75) is 46.2 Å². The van der Waals surface area contributed by atoms with E-state index in [1.807, 2.05) is 11.6 Å². The average molecular weight is 370 g/mol. The average Bonchev–Trinajstić information content (AvgIpc) is 2.60. The molecule has 0 amide bonds. The van der Waals surface area contributed by atoms with E-state index in [2.05, 4.69) is 39.9 Å².